The van der Waals surface area contributed by atoms with Crippen LogP contribution in [0.25, 0.3) is 0 Å². The first-order valence-corrected chi connectivity index (χ1v) is 9.14. The summed E-state index contributed by atoms with van der Waals surface area (Å²) in [7, 11) is 0. The van der Waals surface area contributed by atoms with Gasteiger partial charge in [0, 0.05) is 32.6 Å². The number of hydrogen-bond donors (Lipinski definition) is 1. The maximum atomic E-state index is 12.5. The van der Waals surface area contributed by atoms with Gasteiger partial charge in [-0.25, -0.2) is 4.79 Å². The first-order valence-electron chi connectivity index (χ1n) is 9.14. The van der Waals surface area contributed by atoms with E-state index < -0.39 is 0 Å². The highest BCUT2D eigenvalue weighted by atomic mass is 16.2. The molecule has 1 heterocycles. The molecule has 0 aromatic carbocycles. The molecule has 2 aliphatic carbocycles. The van der Waals surface area contributed by atoms with Crippen molar-refractivity contribution in [1.29, 1.82) is 0 Å². The monoisotopic (exact) mass is 319 g/mol. The Morgan fingerprint density at radius 2 is 2.13 bits per heavy atom. The summed E-state index contributed by atoms with van der Waals surface area (Å²) in [6.07, 6.45) is 11.2. The summed E-state index contributed by atoms with van der Waals surface area (Å²) in [6.45, 7) is 3.90. The van der Waals surface area contributed by atoms with Crippen LogP contribution in [0.1, 0.15) is 58.3 Å². The van der Waals surface area contributed by atoms with Crippen LogP contribution in [0.3, 0.4) is 0 Å². The van der Waals surface area contributed by atoms with Gasteiger partial charge in [0.2, 0.25) is 5.91 Å². The van der Waals surface area contributed by atoms with E-state index in [0.29, 0.717) is 12.6 Å². The van der Waals surface area contributed by atoms with E-state index in [-0.39, 0.29) is 18.0 Å². The van der Waals surface area contributed by atoms with Gasteiger partial charge in [-0.1, -0.05) is 11.6 Å². The molecule has 128 valence electrons. The van der Waals surface area contributed by atoms with Crippen LogP contribution >= 0.6 is 0 Å². The lowest BCUT2D eigenvalue weighted by Crippen LogP contribution is -2.49. The molecule has 1 aliphatic heterocycles. The van der Waals surface area contributed by atoms with Crippen LogP contribution in [0.2, 0.25) is 0 Å². The summed E-state index contributed by atoms with van der Waals surface area (Å²) in [4.78, 5) is 28.2. The molecule has 3 aliphatic rings. The molecule has 1 saturated heterocycles. The largest absolute Gasteiger partial charge is 0.338 e. The molecular weight excluding hydrogens is 290 g/mol. The molecule has 5 nitrogen and oxygen atoms in total. The molecule has 3 amide bonds. The predicted molar refractivity (Wildman–Crippen MR) is 90.1 cm³/mol. The number of rotatable bonds is 6. The lowest BCUT2D eigenvalue weighted by molar-refractivity contribution is -0.130. The van der Waals surface area contributed by atoms with Crippen LogP contribution in [0.5, 0.6) is 0 Å². The van der Waals surface area contributed by atoms with Crippen LogP contribution < -0.4 is 5.32 Å². The summed E-state index contributed by atoms with van der Waals surface area (Å²) in [5, 5.41) is 3.07. The summed E-state index contributed by atoms with van der Waals surface area (Å²) in [5.41, 5.74) is 1.49. The van der Waals surface area contributed by atoms with Gasteiger partial charge in [0.15, 0.2) is 0 Å². The molecule has 1 N–H and O–H groups in total. The average Bonchev–Trinajstić information content (AvgIpc) is 3.03. The second kappa shape index (κ2) is 7.37. The summed E-state index contributed by atoms with van der Waals surface area (Å²) in [6, 6.07) is 0.655. The second-order valence-corrected chi connectivity index (χ2v) is 7.13. The molecule has 1 atom stereocenters. The molecule has 0 spiro atoms. The molecule has 0 aromatic heterocycles. The van der Waals surface area contributed by atoms with Crippen molar-refractivity contribution in [3.05, 3.63) is 11.6 Å². The number of urea groups is 1. The molecule has 1 saturated carbocycles. The van der Waals surface area contributed by atoms with Gasteiger partial charge in [-0.05, 0) is 51.4 Å². The molecule has 2 fully saturated rings. The molecule has 0 radical (unpaired) electrons. The summed E-state index contributed by atoms with van der Waals surface area (Å²) < 4.78 is 0. The Kier molecular flexibility index (Phi) is 5.23. The Hall–Kier alpha value is -1.52. The zero-order chi connectivity index (χ0) is 16.2. The number of amides is 3. The minimum Gasteiger partial charge on any atom is -0.338 e. The van der Waals surface area contributed by atoms with Gasteiger partial charge in [0.05, 0.1) is 6.04 Å². The molecule has 23 heavy (non-hydrogen) atoms. The van der Waals surface area contributed by atoms with E-state index in [1.807, 2.05) is 9.80 Å². The minimum absolute atomic E-state index is 0.0467. The van der Waals surface area contributed by atoms with E-state index in [9.17, 15) is 9.59 Å². The highest BCUT2D eigenvalue weighted by Crippen LogP contribution is 2.29. The Balaban J connectivity index is 1.47. The standard InChI is InChI=1S/C18H29N3O2/c1-14(22)21(16-8-9-16)13-17-7-4-12-20(17)18(23)19-11-10-15-5-2-3-6-15/h5,16-17H,2-4,6-13H2,1H3,(H,19,23)/t17-/m0/s1. The lowest BCUT2D eigenvalue weighted by Gasteiger charge is -2.30. The molecular formula is C18H29N3O2. The molecule has 0 unspecified atom stereocenters. The van der Waals surface area contributed by atoms with Crippen LogP contribution in [-0.4, -0.2) is 53.5 Å². The van der Waals surface area contributed by atoms with Crippen LogP contribution in [0.4, 0.5) is 4.79 Å². The van der Waals surface area contributed by atoms with Crippen LogP contribution in [0.15, 0.2) is 11.6 Å². The SMILES string of the molecule is CC(=O)N(C[C@@H]1CCCN1C(=O)NCCC1=CCCC1)C1CC1. The molecule has 5 heteroatoms. The third-order valence-corrected chi connectivity index (χ3v) is 5.29. The van der Waals surface area contributed by atoms with Gasteiger partial charge in [-0.15, -0.1) is 0 Å². The van der Waals surface area contributed by atoms with Gasteiger partial charge in [0.25, 0.3) is 0 Å². The minimum atomic E-state index is 0.0467. The average molecular weight is 319 g/mol. The first kappa shape index (κ1) is 16.3. The van der Waals surface area contributed by atoms with Gasteiger partial charge >= 0.3 is 6.03 Å². The number of carbonyl (C=O) groups excluding carboxylic acids is 2. The van der Waals surface area contributed by atoms with Crippen molar-refractivity contribution in [2.75, 3.05) is 19.6 Å². The zero-order valence-electron chi connectivity index (χ0n) is 14.2. The van der Waals surface area contributed by atoms with Gasteiger partial charge in [-0.2, -0.15) is 0 Å². The fourth-order valence-corrected chi connectivity index (χ4v) is 3.84. The first-order chi connectivity index (χ1) is 11.1. The van der Waals surface area contributed by atoms with E-state index in [2.05, 4.69) is 11.4 Å². The van der Waals surface area contributed by atoms with Gasteiger partial charge in [-0.3, -0.25) is 4.79 Å². The Bertz CT molecular complexity index is 485. The number of likely N-dealkylation sites (tertiary alicyclic amines) is 1. The Morgan fingerprint density at radius 1 is 1.30 bits per heavy atom. The van der Waals surface area contributed by atoms with E-state index in [1.165, 1.54) is 24.8 Å². The van der Waals surface area contributed by atoms with E-state index in [0.717, 1.165) is 45.2 Å². The van der Waals surface area contributed by atoms with Gasteiger partial charge < -0.3 is 15.1 Å². The topological polar surface area (TPSA) is 52.7 Å². The smallest absolute Gasteiger partial charge is 0.317 e. The van der Waals surface area contributed by atoms with Crippen LogP contribution in [0, 0.1) is 0 Å². The zero-order valence-corrected chi connectivity index (χ0v) is 14.2. The summed E-state index contributed by atoms with van der Waals surface area (Å²) >= 11 is 0. The highest BCUT2D eigenvalue weighted by Gasteiger charge is 2.36. The molecule has 3 rings (SSSR count). The van der Waals surface area contributed by atoms with Crippen LogP contribution in [-0.2, 0) is 4.79 Å². The van der Waals surface area contributed by atoms with Crippen molar-refractivity contribution >= 4 is 11.9 Å². The third kappa shape index (κ3) is 4.27. The second-order valence-electron chi connectivity index (χ2n) is 7.13. The summed E-state index contributed by atoms with van der Waals surface area (Å²) in [5.74, 6) is 0.146. The maximum Gasteiger partial charge on any atom is 0.317 e. The number of nitrogens with zero attached hydrogens (tertiary/aromatic N) is 2. The normalized spacial score (nSPS) is 23.8. The number of hydrogen-bond acceptors (Lipinski definition) is 2. The lowest BCUT2D eigenvalue weighted by atomic mass is 10.2. The third-order valence-electron chi connectivity index (χ3n) is 5.29. The fourth-order valence-electron chi connectivity index (χ4n) is 3.84. The predicted octanol–water partition coefficient (Wildman–Crippen LogP) is 2.67. The number of allylic oxidation sites excluding steroid dienone is 1. The highest BCUT2D eigenvalue weighted by molar-refractivity contribution is 5.76. The quantitative estimate of drug-likeness (QED) is 0.765. The van der Waals surface area contributed by atoms with Gasteiger partial charge in [0.1, 0.15) is 0 Å². The Morgan fingerprint density at radius 3 is 2.78 bits per heavy atom. The van der Waals surface area contributed by atoms with E-state index in [4.69, 9.17) is 0 Å². The maximum absolute atomic E-state index is 12.5. The fraction of sp³-hybridized carbons (Fsp3) is 0.778. The van der Waals surface area contributed by atoms with E-state index in [1.54, 1.807) is 6.92 Å². The van der Waals surface area contributed by atoms with Crippen molar-refractivity contribution in [2.24, 2.45) is 0 Å². The molecule has 0 aromatic rings. The van der Waals surface area contributed by atoms with Crippen molar-refractivity contribution < 1.29 is 9.59 Å². The number of carbonyl (C=O) groups is 2. The van der Waals surface area contributed by atoms with Crippen molar-refractivity contribution in [2.45, 2.75) is 70.4 Å². The van der Waals surface area contributed by atoms with E-state index >= 15 is 0 Å². The van der Waals surface area contributed by atoms with Crippen molar-refractivity contribution in [3.63, 3.8) is 0 Å². The number of nitrogens with one attached hydrogen (secondary N) is 1. The van der Waals surface area contributed by atoms with Crippen molar-refractivity contribution in [3.8, 4) is 0 Å². The Labute approximate surface area is 139 Å². The molecule has 0 bridgehead atoms. The van der Waals surface area contributed by atoms with Crippen molar-refractivity contribution in [1.82, 2.24) is 15.1 Å².